The fourth-order valence-electron chi connectivity index (χ4n) is 1.56. The third kappa shape index (κ3) is 3.58. The van der Waals surface area contributed by atoms with E-state index in [1.165, 1.54) is 12.1 Å². The summed E-state index contributed by atoms with van der Waals surface area (Å²) in [5.41, 5.74) is 0.694. The zero-order valence-corrected chi connectivity index (χ0v) is 11.3. The van der Waals surface area contributed by atoms with Crippen molar-refractivity contribution in [1.82, 2.24) is 4.98 Å². The van der Waals surface area contributed by atoms with E-state index in [4.69, 9.17) is 21.1 Å². The lowest BCUT2D eigenvalue weighted by Gasteiger charge is -2.07. The van der Waals surface area contributed by atoms with Gasteiger partial charge in [0.05, 0.1) is 24.2 Å². The number of nitro groups is 1. The highest BCUT2D eigenvalue weighted by Gasteiger charge is 2.11. The second-order valence-electron chi connectivity index (χ2n) is 3.88. The molecule has 0 N–H and O–H groups in total. The van der Waals surface area contributed by atoms with Gasteiger partial charge >= 0.3 is 0 Å². The van der Waals surface area contributed by atoms with E-state index in [0.29, 0.717) is 5.75 Å². The van der Waals surface area contributed by atoms with E-state index in [0.717, 1.165) is 5.56 Å². The number of rotatable bonds is 5. The predicted octanol–water partition coefficient (Wildman–Crippen LogP) is 3.23. The maximum atomic E-state index is 10.7. The molecule has 0 saturated heterocycles. The van der Waals surface area contributed by atoms with Crippen molar-refractivity contribution in [2.75, 3.05) is 7.11 Å². The SMILES string of the molecule is COc1cccc(COc2cc([N+](=O)[O-])cc(Cl)n2)c1. The molecule has 20 heavy (non-hydrogen) atoms. The molecule has 0 fully saturated rings. The highest BCUT2D eigenvalue weighted by atomic mass is 35.5. The number of ether oxygens (including phenoxy) is 2. The largest absolute Gasteiger partial charge is 0.497 e. The van der Waals surface area contributed by atoms with Crippen LogP contribution in [0.5, 0.6) is 11.6 Å². The number of halogens is 1. The smallest absolute Gasteiger partial charge is 0.277 e. The monoisotopic (exact) mass is 294 g/mol. The minimum atomic E-state index is -0.550. The number of hydrogen-bond donors (Lipinski definition) is 0. The van der Waals surface area contributed by atoms with Gasteiger partial charge in [-0.1, -0.05) is 23.7 Å². The van der Waals surface area contributed by atoms with Crippen LogP contribution in [0.4, 0.5) is 5.69 Å². The van der Waals surface area contributed by atoms with Gasteiger partial charge < -0.3 is 9.47 Å². The Balaban J connectivity index is 2.12. The number of aromatic nitrogens is 1. The first-order valence-electron chi connectivity index (χ1n) is 5.66. The third-order valence-electron chi connectivity index (χ3n) is 2.49. The lowest BCUT2D eigenvalue weighted by Crippen LogP contribution is -1.99. The lowest BCUT2D eigenvalue weighted by atomic mass is 10.2. The van der Waals surface area contributed by atoms with Gasteiger partial charge in [-0.15, -0.1) is 0 Å². The molecule has 0 atom stereocenters. The molecule has 2 aromatic rings. The Hall–Kier alpha value is -2.34. The number of benzene rings is 1. The molecule has 0 amide bonds. The Morgan fingerprint density at radius 2 is 2.15 bits per heavy atom. The molecule has 1 aromatic heterocycles. The molecule has 6 nitrogen and oxygen atoms in total. The average molecular weight is 295 g/mol. The van der Waals surface area contributed by atoms with Crippen LogP contribution in [0.2, 0.25) is 5.15 Å². The summed E-state index contributed by atoms with van der Waals surface area (Å²) in [6, 6.07) is 9.68. The second kappa shape index (κ2) is 6.21. The van der Waals surface area contributed by atoms with E-state index in [1.54, 1.807) is 13.2 Å². The Morgan fingerprint density at radius 1 is 1.35 bits per heavy atom. The molecule has 0 unspecified atom stereocenters. The molecular formula is C13H11ClN2O4. The van der Waals surface area contributed by atoms with Crippen LogP contribution in [0.15, 0.2) is 36.4 Å². The molecular weight excluding hydrogens is 284 g/mol. The van der Waals surface area contributed by atoms with E-state index < -0.39 is 4.92 Å². The van der Waals surface area contributed by atoms with Crippen LogP contribution in [0.25, 0.3) is 0 Å². The molecule has 0 aliphatic rings. The van der Waals surface area contributed by atoms with E-state index in [-0.39, 0.29) is 23.3 Å². The Morgan fingerprint density at radius 3 is 2.85 bits per heavy atom. The zero-order chi connectivity index (χ0) is 14.5. The lowest BCUT2D eigenvalue weighted by molar-refractivity contribution is -0.385. The first kappa shape index (κ1) is 14.1. The van der Waals surface area contributed by atoms with Crippen molar-refractivity contribution >= 4 is 17.3 Å². The van der Waals surface area contributed by atoms with Crippen LogP contribution in [0.1, 0.15) is 5.56 Å². The molecule has 0 aliphatic heterocycles. The van der Waals surface area contributed by atoms with Gasteiger partial charge in [0.15, 0.2) is 0 Å². The molecule has 0 saturated carbocycles. The molecule has 7 heteroatoms. The Labute approximate surface area is 120 Å². The standard InChI is InChI=1S/C13H11ClN2O4/c1-19-11-4-2-3-9(5-11)8-20-13-7-10(16(17)18)6-12(14)15-13/h2-7H,8H2,1H3. The molecule has 1 heterocycles. The summed E-state index contributed by atoms with van der Waals surface area (Å²) in [6.45, 7) is 0.210. The van der Waals surface area contributed by atoms with Gasteiger partial charge in [0.2, 0.25) is 5.88 Å². The fraction of sp³-hybridized carbons (Fsp3) is 0.154. The molecule has 0 aliphatic carbocycles. The fourth-order valence-corrected chi connectivity index (χ4v) is 1.75. The molecule has 0 radical (unpaired) electrons. The molecule has 2 rings (SSSR count). The van der Waals surface area contributed by atoms with Crippen molar-refractivity contribution in [2.45, 2.75) is 6.61 Å². The quantitative estimate of drug-likeness (QED) is 0.481. The summed E-state index contributed by atoms with van der Waals surface area (Å²) in [5, 5.41) is 10.7. The summed E-state index contributed by atoms with van der Waals surface area (Å²) in [4.78, 5) is 14.0. The van der Waals surface area contributed by atoms with Crippen molar-refractivity contribution in [3.63, 3.8) is 0 Å². The molecule has 0 spiro atoms. The molecule has 104 valence electrons. The van der Waals surface area contributed by atoms with E-state index in [1.807, 2.05) is 18.2 Å². The van der Waals surface area contributed by atoms with Crippen molar-refractivity contribution < 1.29 is 14.4 Å². The minimum absolute atomic E-state index is 0.0137. The van der Waals surface area contributed by atoms with Gasteiger partial charge in [-0.2, -0.15) is 0 Å². The summed E-state index contributed by atoms with van der Waals surface area (Å²) >= 11 is 5.71. The van der Waals surface area contributed by atoms with Crippen LogP contribution in [-0.2, 0) is 6.61 Å². The second-order valence-corrected chi connectivity index (χ2v) is 4.27. The summed E-state index contributed by atoms with van der Waals surface area (Å²) in [6.07, 6.45) is 0. The summed E-state index contributed by atoms with van der Waals surface area (Å²) in [5.74, 6) is 0.808. The van der Waals surface area contributed by atoms with Crippen LogP contribution >= 0.6 is 11.6 Å². The number of hydrogen-bond acceptors (Lipinski definition) is 5. The summed E-state index contributed by atoms with van der Waals surface area (Å²) in [7, 11) is 1.57. The van der Waals surface area contributed by atoms with Gasteiger partial charge in [0, 0.05) is 0 Å². The van der Waals surface area contributed by atoms with Crippen LogP contribution in [-0.4, -0.2) is 17.0 Å². The van der Waals surface area contributed by atoms with Gasteiger partial charge in [-0.3, -0.25) is 10.1 Å². The van der Waals surface area contributed by atoms with E-state index >= 15 is 0 Å². The zero-order valence-electron chi connectivity index (χ0n) is 10.6. The minimum Gasteiger partial charge on any atom is -0.497 e. The Kier molecular flexibility index (Phi) is 4.37. The van der Waals surface area contributed by atoms with Crippen molar-refractivity contribution in [3.05, 3.63) is 57.2 Å². The first-order chi connectivity index (χ1) is 9.58. The Bertz CT molecular complexity index is 634. The third-order valence-corrected chi connectivity index (χ3v) is 2.68. The van der Waals surface area contributed by atoms with Gasteiger partial charge in [-0.25, -0.2) is 4.98 Å². The van der Waals surface area contributed by atoms with Gasteiger partial charge in [0.25, 0.3) is 5.69 Å². The average Bonchev–Trinajstić information content (AvgIpc) is 2.44. The van der Waals surface area contributed by atoms with Crippen LogP contribution in [0, 0.1) is 10.1 Å². The number of nitrogens with zero attached hydrogens (tertiary/aromatic N) is 2. The summed E-state index contributed by atoms with van der Waals surface area (Å²) < 4.78 is 10.5. The van der Waals surface area contributed by atoms with E-state index in [2.05, 4.69) is 4.98 Å². The van der Waals surface area contributed by atoms with Gasteiger partial charge in [-0.05, 0) is 17.7 Å². The van der Waals surface area contributed by atoms with Crippen molar-refractivity contribution in [1.29, 1.82) is 0 Å². The topological polar surface area (TPSA) is 74.5 Å². The van der Waals surface area contributed by atoms with Crippen LogP contribution < -0.4 is 9.47 Å². The molecule has 0 bridgehead atoms. The normalized spacial score (nSPS) is 10.1. The molecule has 1 aromatic carbocycles. The van der Waals surface area contributed by atoms with Gasteiger partial charge in [0.1, 0.15) is 17.5 Å². The van der Waals surface area contributed by atoms with E-state index in [9.17, 15) is 10.1 Å². The maximum absolute atomic E-state index is 10.7. The highest BCUT2D eigenvalue weighted by Crippen LogP contribution is 2.23. The van der Waals surface area contributed by atoms with Crippen LogP contribution in [0.3, 0.4) is 0 Å². The maximum Gasteiger partial charge on any atom is 0.277 e. The first-order valence-corrected chi connectivity index (χ1v) is 6.04. The highest BCUT2D eigenvalue weighted by molar-refractivity contribution is 6.29. The van der Waals surface area contributed by atoms with Crippen molar-refractivity contribution in [2.24, 2.45) is 0 Å². The number of pyridine rings is 1. The number of methoxy groups -OCH3 is 1. The van der Waals surface area contributed by atoms with Crippen molar-refractivity contribution in [3.8, 4) is 11.6 Å². The predicted molar refractivity (Wildman–Crippen MR) is 73.2 cm³/mol.